The topological polar surface area (TPSA) is 54.8 Å². The molecule has 0 saturated carbocycles. The molecule has 1 aliphatic heterocycles. The maximum absolute atomic E-state index is 12.6. The number of carbonyl (C=O) groups is 1. The molecule has 0 radical (unpaired) electrons. The van der Waals surface area contributed by atoms with Crippen LogP contribution in [0.3, 0.4) is 0 Å². The first-order chi connectivity index (χ1) is 15.0. The molecule has 0 N–H and O–H groups in total. The van der Waals surface area contributed by atoms with Crippen LogP contribution in [-0.4, -0.2) is 48.2 Å². The molecule has 4 rings (SSSR count). The van der Waals surface area contributed by atoms with Crippen LogP contribution in [0.25, 0.3) is 10.9 Å². The summed E-state index contributed by atoms with van der Waals surface area (Å²) in [6.07, 6.45) is 1.04. The van der Waals surface area contributed by atoms with E-state index in [2.05, 4.69) is 4.90 Å². The Hall–Kier alpha value is -2.99. The van der Waals surface area contributed by atoms with Gasteiger partial charge >= 0.3 is 0 Å². The molecule has 0 aliphatic carbocycles. The van der Waals surface area contributed by atoms with Gasteiger partial charge in [-0.2, -0.15) is 0 Å². The summed E-state index contributed by atoms with van der Waals surface area (Å²) in [5.41, 5.74) is 1.82. The number of nitrogens with zero attached hydrogens (tertiary/aromatic N) is 3. The van der Waals surface area contributed by atoms with Crippen molar-refractivity contribution in [3.63, 3.8) is 0 Å². The minimum atomic E-state index is -0.109. The summed E-state index contributed by atoms with van der Waals surface area (Å²) in [7, 11) is 1.75. The van der Waals surface area contributed by atoms with Crippen LogP contribution in [0.2, 0.25) is 5.02 Å². The van der Waals surface area contributed by atoms with Gasteiger partial charge in [0.25, 0.3) is 5.56 Å². The van der Waals surface area contributed by atoms with E-state index in [9.17, 15) is 9.59 Å². The van der Waals surface area contributed by atoms with E-state index in [1.54, 1.807) is 11.6 Å². The number of halogens is 1. The first-order valence-corrected chi connectivity index (χ1v) is 10.9. The van der Waals surface area contributed by atoms with Crippen molar-refractivity contribution in [2.45, 2.75) is 12.8 Å². The number of hydrogen-bond acceptors (Lipinski definition) is 4. The Morgan fingerprint density at radius 2 is 1.81 bits per heavy atom. The largest absolute Gasteiger partial charge is 0.493 e. The van der Waals surface area contributed by atoms with E-state index in [-0.39, 0.29) is 11.5 Å². The lowest BCUT2D eigenvalue weighted by Crippen LogP contribution is -2.48. The van der Waals surface area contributed by atoms with Crippen molar-refractivity contribution in [2.75, 3.05) is 37.7 Å². The fourth-order valence-corrected chi connectivity index (χ4v) is 4.13. The molecule has 2 aromatic carbocycles. The lowest BCUT2D eigenvalue weighted by Gasteiger charge is -2.36. The van der Waals surface area contributed by atoms with Crippen molar-refractivity contribution >= 4 is 34.1 Å². The second kappa shape index (κ2) is 9.43. The standard InChI is InChI=1S/C24H26ClN3O3/c1-26-21-9-3-2-8-20(21)22(17-24(26)30)31-15-5-10-23(29)28-13-11-27(12-14-28)19-7-4-6-18(25)16-19/h2-4,6-9,16-17H,5,10-15H2,1H3. The van der Waals surface area contributed by atoms with Gasteiger partial charge in [-0.15, -0.1) is 0 Å². The third-order valence-electron chi connectivity index (χ3n) is 5.71. The highest BCUT2D eigenvalue weighted by atomic mass is 35.5. The molecule has 7 heteroatoms. The molecule has 31 heavy (non-hydrogen) atoms. The SMILES string of the molecule is Cn1c(=O)cc(OCCCC(=O)N2CCN(c3cccc(Cl)c3)CC2)c2ccccc21. The van der Waals surface area contributed by atoms with Crippen LogP contribution < -0.4 is 15.2 Å². The number of para-hydroxylation sites is 1. The molecular formula is C24H26ClN3O3. The number of piperazine rings is 1. The smallest absolute Gasteiger partial charge is 0.254 e. The van der Waals surface area contributed by atoms with Crippen molar-refractivity contribution in [1.82, 2.24) is 9.47 Å². The van der Waals surface area contributed by atoms with E-state index < -0.39 is 0 Å². The monoisotopic (exact) mass is 439 g/mol. The van der Waals surface area contributed by atoms with E-state index in [1.807, 2.05) is 53.4 Å². The second-order valence-electron chi connectivity index (χ2n) is 7.72. The van der Waals surface area contributed by atoms with Crippen LogP contribution in [-0.2, 0) is 11.8 Å². The van der Waals surface area contributed by atoms with Gasteiger partial charge in [-0.1, -0.05) is 29.8 Å². The van der Waals surface area contributed by atoms with Gasteiger partial charge in [-0.25, -0.2) is 0 Å². The van der Waals surface area contributed by atoms with E-state index in [0.717, 1.165) is 34.7 Å². The fraction of sp³-hybridized carbons (Fsp3) is 0.333. The summed E-state index contributed by atoms with van der Waals surface area (Å²) in [4.78, 5) is 28.9. The summed E-state index contributed by atoms with van der Waals surface area (Å²) in [5, 5.41) is 1.62. The van der Waals surface area contributed by atoms with Crippen LogP contribution >= 0.6 is 11.6 Å². The predicted molar refractivity (Wildman–Crippen MR) is 124 cm³/mol. The lowest BCUT2D eigenvalue weighted by atomic mass is 10.2. The van der Waals surface area contributed by atoms with E-state index in [4.69, 9.17) is 16.3 Å². The molecule has 3 aromatic rings. The van der Waals surface area contributed by atoms with Crippen molar-refractivity contribution < 1.29 is 9.53 Å². The number of anilines is 1. The fourth-order valence-electron chi connectivity index (χ4n) is 3.95. The highest BCUT2D eigenvalue weighted by molar-refractivity contribution is 6.30. The number of rotatable bonds is 6. The molecular weight excluding hydrogens is 414 g/mol. The predicted octanol–water partition coefficient (Wildman–Crippen LogP) is 3.70. The molecule has 1 aliphatic rings. The van der Waals surface area contributed by atoms with Gasteiger partial charge in [-0.3, -0.25) is 9.59 Å². The zero-order valence-corrected chi connectivity index (χ0v) is 18.3. The Morgan fingerprint density at radius 3 is 2.58 bits per heavy atom. The number of hydrogen-bond donors (Lipinski definition) is 0. The van der Waals surface area contributed by atoms with Gasteiger partial charge < -0.3 is 19.1 Å². The van der Waals surface area contributed by atoms with Crippen molar-refractivity contribution in [2.24, 2.45) is 7.05 Å². The maximum atomic E-state index is 12.6. The number of aryl methyl sites for hydroxylation is 1. The molecule has 1 aromatic heterocycles. The van der Waals surface area contributed by atoms with Gasteiger partial charge in [0.2, 0.25) is 5.91 Å². The molecule has 0 unspecified atom stereocenters. The first kappa shape index (κ1) is 21.2. The normalized spacial score (nSPS) is 14.1. The Morgan fingerprint density at radius 1 is 1.03 bits per heavy atom. The minimum absolute atomic E-state index is 0.109. The Bertz CT molecular complexity index is 1140. The van der Waals surface area contributed by atoms with Gasteiger partial charge in [0.1, 0.15) is 5.75 Å². The third-order valence-corrected chi connectivity index (χ3v) is 5.95. The molecule has 1 saturated heterocycles. The van der Waals surface area contributed by atoms with Gasteiger partial charge in [0.05, 0.1) is 12.1 Å². The van der Waals surface area contributed by atoms with Gasteiger partial charge in [-0.05, 0) is 36.8 Å². The quantitative estimate of drug-likeness (QED) is 0.549. The van der Waals surface area contributed by atoms with Crippen LogP contribution in [0, 0.1) is 0 Å². The summed E-state index contributed by atoms with van der Waals surface area (Å²) < 4.78 is 7.48. The van der Waals surface area contributed by atoms with Crippen LogP contribution in [0.5, 0.6) is 5.75 Å². The number of amides is 1. The van der Waals surface area contributed by atoms with Crippen LogP contribution in [0.1, 0.15) is 12.8 Å². The molecule has 162 valence electrons. The third kappa shape index (κ3) is 4.85. The summed E-state index contributed by atoms with van der Waals surface area (Å²) >= 11 is 6.09. The minimum Gasteiger partial charge on any atom is -0.493 e. The van der Waals surface area contributed by atoms with E-state index in [1.165, 1.54) is 6.07 Å². The second-order valence-corrected chi connectivity index (χ2v) is 8.16. The molecule has 0 bridgehead atoms. The summed E-state index contributed by atoms with van der Waals surface area (Å²) in [5.74, 6) is 0.712. The molecule has 0 spiro atoms. The maximum Gasteiger partial charge on any atom is 0.254 e. The van der Waals surface area contributed by atoms with Gasteiger partial charge in [0, 0.05) is 61.8 Å². The first-order valence-electron chi connectivity index (χ1n) is 10.5. The Kier molecular flexibility index (Phi) is 6.47. The average molecular weight is 440 g/mol. The zero-order chi connectivity index (χ0) is 21.8. The average Bonchev–Trinajstić information content (AvgIpc) is 2.80. The Labute approximate surface area is 186 Å². The van der Waals surface area contributed by atoms with Crippen LogP contribution in [0.4, 0.5) is 5.69 Å². The highest BCUT2D eigenvalue weighted by Crippen LogP contribution is 2.24. The van der Waals surface area contributed by atoms with Crippen molar-refractivity contribution in [1.29, 1.82) is 0 Å². The molecule has 1 amide bonds. The number of aromatic nitrogens is 1. The Balaban J connectivity index is 1.27. The number of benzene rings is 2. The molecule has 1 fully saturated rings. The number of carbonyl (C=O) groups excluding carboxylic acids is 1. The van der Waals surface area contributed by atoms with Gasteiger partial charge in [0.15, 0.2) is 0 Å². The highest BCUT2D eigenvalue weighted by Gasteiger charge is 2.21. The number of pyridine rings is 1. The lowest BCUT2D eigenvalue weighted by molar-refractivity contribution is -0.131. The summed E-state index contributed by atoms with van der Waals surface area (Å²) in [6.45, 7) is 3.38. The zero-order valence-electron chi connectivity index (χ0n) is 17.6. The van der Waals surface area contributed by atoms with Crippen molar-refractivity contribution in [3.05, 3.63) is 70.0 Å². The van der Waals surface area contributed by atoms with Crippen LogP contribution in [0.15, 0.2) is 59.4 Å². The molecule has 2 heterocycles. The number of fused-ring (bicyclic) bond motifs is 1. The summed E-state index contributed by atoms with van der Waals surface area (Å²) in [6, 6.07) is 17.0. The number of ether oxygens (including phenoxy) is 1. The van der Waals surface area contributed by atoms with E-state index in [0.29, 0.717) is 38.3 Å². The van der Waals surface area contributed by atoms with Crippen molar-refractivity contribution in [3.8, 4) is 5.75 Å². The molecule has 0 atom stereocenters. The van der Waals surface area contributed by atoms with E-state index >= 15 is 0 Å². The molecule has 6 nitrogen and oxygen atoms in total.